The highest BCUT2D eigenvalue weighted by Crippen LogP contribution is 2.29. The third-order valence-electron chi connectivity index (χ3n) is 2.94. The quantitative estimate of drug-likeness (QED) is 0.817. The topological polar surface area (TPSA) is 60.1 Å². The van der Waals surface area contributed by atoms with E-state index >= 15 is 0 Å². The summed E-state index contributed by atoms with van der Waals surface area (Å²) >= 11 is 0. The molecule has 0 fully saturated rings. The van der Waals surface area contributed by atoms with Crippen LogP contribution < -0.4 is 9.47 Å². The molecule has 0 radical (unpaired) electrons. The van der Waals surface area contributed by atoms with E-state index in [0.717, 1.165) is 5.69 Å². The molecule has 0 spiro atoms. The van der Waals surface area contributed by atoms with Gasteiger partial charge in [-0.05, 0) is 39.0 Å². The Kier molecular flexibility index (Phi) is 4.83. The van der Waals surface area contributed by atoms with Crippen LogP contribution in [0, 0.1) is 11.3 Å². The van der Waals surface area contributed by atoms with Gasteiger partial charge in [-0.3, -0.25) is 4.68 Å². The summed E-state index contributed by atoms with van der Waals surface area (Å²) in [7, 11) is 0. The van der Waals surface area contributed by atoms with Crippen LogP contribution in [-0.4, -0.2) is 16.4 Å². The molecule has 1 heterocycles. The zero-order valence-corrected chi connectivity index (χ0v) is 12.5. The van der Waals surface area contributed by atoms with Crippen LogP contribution in [0.4, 0.5) is 0 Å². The lowest BCUT2D eigenvalue weighted by Gasteiger charge is -2.11. The van der Waals surface area contributed by atoms with E-state index in [-0.39, 0.29) is 0 Å². The van der Waals surface area contributed by atoms with Crippen LogP contribution in [0.25, 0.3) is 0 Å². The molecule has 0 amide bonds. The Morgan fingerprint density at radius 2 is 2.05 bits per heavy atom. The van der Waals surface area contributed by atoms with E-state index in [4.69, 9.17) is 14.7 Å². The van der Waals surface area contributed by atoms with Gasteiger partial charge in [0.15, 0.2) is 11.5 Å². The van der Waals surface area contributed by atoms with E-state index in [1.54, 1.807) is 18.2 Å². The molecule has 0 unspecified atom stereocenters. The summed E-state index contributed by atoms with van der Waals surface area (Å²) in [6.45, 7) is 6.93. The fourth-order valence-electron chi connectivity index (χ4n) is 1.86. The second-order valence-corrected chi connectivity index (χ2v) is 4.88. The molecular weight excluding hydrogens is 266 g/mol. The normalized spacial score (nSPS) is 10.4. The van der Waals surface area contributed by atoms with Crippen molar-refractivity contribution in [3.63, 3.8) is 0 Å². The lowest BCUT2D eigenvalue weighted by atomic mass is 10.2. The van der Waals surface area contributed by atoms with Gasteiger partial charge < -0.3 is 9.47 Å². The number of nitrogens with zero attached hydrogens (tertiary/aromatic N) is 3. The van der Waals surface area contributed by atoms with Crippen LogP contribution in [0.1, 0.15) is 38.1 Å². The summed E-state index contributed by atoms with van der Waals surface area (Å²) in [4.78, 5) is 0. The Hall–Kier alpha value is -2.48. The van der Waals surface area contributed by atoms with Crippen molar-refractivity contribution < 1.29 is 9.47 Å². The Labute approximate surface area is 124 Å². The van der Waals surface area contributed by atoms with Crippen molar-refractivity contribution in [2.45, 2.75) is 33.4 Å². The van der Waals surface area contributed by atoms with Gasteiger partial charge in [0.1, 0.15) is 6.61 Å². The van der Waals surface area contributed by atoms with Crippen molar-refractivity contribution in [2.24, 2.45) is 0 Å². The van der Waals surface area contributed by atoms with Gasteiger partial charge in [-0.1, -0.05) is 0 Å². The molecule has 2 aromatic rings. The number of hydrogen-bond acceptors (Lipinski definition) is 4. The molecule has 21 heavy (non-hydrogen) atoms. The van der Waals surface area contributed by atoms with Crippen LogP contribution in [0.15, 0.2) is 30.5 Å². The fraction of sp³-hybridized carbons (Fsp3) is 0.375. The Bertz CT molecular complexity index is 641. The number of benzene rings is 1. The Morgan fingerprint density at radius 3 is 2.67 bits per heavy atom. The Balaban J connectivity index is 2.09. The first-order valence-corrected chi connectivity index (χ1v) is 6.97. The predicted molar refractivity (Wildman–Crippen MR) is 79.3 cm³/mol. The maximum Gasteiger partial charge on any atom is 0.162 e. The number of nitriles is 1. The summed E-state index contributed by atoms with van der Waals surface area (Å²) in [5, 5.41) is 13.4. The average Bonchev–Trinajstić information content (AvgIpc) is 2.95. The number of ether oxygens (including phenoxy) is 2. The van der Waals surface area contributed by atoms with E-state index in [0.29, 0.717) is 36.3 Å². The zero-order chi connectivity index (χ0) is 15.2. The van der Waals surface area contributed by atoms with E-state index in [1.165, 1.54) is 0 Å². The van der Waals surface area contributed by atoms with Crippen LogP contribution in [-0.2, 0) is 6.61 Å². The first kappa shape index (κ1) is 14.9. The zero-order valence-electron chi connectivity index (χ0n) is 12.5. The maximum absolute atomic E-state index is 8.92. The van der Waals surface area contributed by atoms with Gasteiger partial charge in [0.05, 0.1) is 23.9 Å². The second kappa shape index (κ2) is 6.80. The average molecular weight is 285 g/mol. The van der Waals surface area contributed by atoms with Crippen LogP contribution >= 0.6 is 0 Å². The standard InChI is InChI=1S/C16H19N3O2/c1-4-20-16-9-13(10-17)5-6-15(16)21-11-14-7-8-19(18-14)12(2)3/h5-9,12H,4,11H2,1-3H3. The van der Waals surface area contributed by atoms with Gasteiger partial charge in [0.2, 0.25) is 0 Å². The van der Waals surface area contributed by atoms with Crippen molar-refractivity contribution in [2.75, 3.05) is 6.61 Å². The van der Waals surface area contributed by atoms with E-state index in [1.807, 2.05) is 23.9 Å². The first-order valence-electron chi connectivity index (χ1n) is 6.97. The van der Waals surface area contributed by atoms with E-state index < -0.39 is 0 Å². The third-order valence-corrected chi connectivity index (χ3v) is 2.94. The van der Waals surface area contributed by atoms with Crippen LogP contribution in [0.3, 0.4) is 0 Å². The molecule has 5 nitrogen and oxygen atoms in total. The van der Waals surface area contributed by atoms with Crippen LogP contribution in [0.2, 0.25) is 0 Å². The fourth-order valence-corrected chi connectivity index (χ4v) is 1.86. The highest BCUT2D eigenvalue weighted by atomic mass is 16.5. The summed E-state index contributed by atoms with van der Waals surface area (Å²) in [5.74, 6) is 1.20. The molecule has 2 rings (SSSR count). The number of aromatic nitrogens is 2. The van der Waals surface area contributed by atoms with Gasteiger partial charge in [0, 0.05) is 18.3 Å². The lowest BCUT2D eigenvalue weighted by Crippen LogP contribution is -2.04. The molecule has 0 aliphatic rings. The summed E-state index contributed by atoms with van der Waals surface area (Å²) in [6.07, 6.45) is 1.94. The molecule has 110 valence electrons. The van der Waals surface area contributed by atoms with Gasteiger partial charge in [-0.25, -0.2) is 0 Å². The molecule has 0 bridgehead atoms. The molecule has 0 atom stereocenters. The monoisotopic (exact) mass is 285 g/mol. The number of hydrogen-bond donors (Lipinski definition) is 0. The van der Waals surface area contributed by atoms with Gasteiger partial charge in [0.25, 0.3) is 0 Å². The molecule has 0 saturated heterocycles. The van der Waals surface area contributed by atoms with Crippen LogP contribution in [0.5, 0.6) is 11.5 Å². The van der Waals surface area contributed by atoms with Crippen molar-refractivity contribution in [3.05, 3.63) is 41.7 Å². The van der Waals surface area contributed by atoms with Crippen molar-refractivity contribution in [1.82, 2.24) is 9.78 Å². The van der Waals surface area contributed by atoms with Gasteiger partial charge >= 0.3 is 0 Å². The molecule has 1 aromatic heterocycles. The van der Waals surface area contributed by atoms with Gasteiger partial charge in [-0.2, -0.15) is 10.4 Å². The largest absolute Gasteiger partial charge is 0.490 e. The minimum atomic E-state index is 0.327. The molecule has 0 aliphatic heterocycles. The third kappa shape index (κ3) is 3.76. The minimum Gasteiger partial charge on any atom is -0.490 e. The summed E-state index contributed by atoms with van der Waals surface area (Å²) < 4.78 is 13.2. The SMILES string of the molecule is CCOc1cc(C#N)ccc1OCc1ccn(C(C)C)n1. The first-order chi connectivity index (χ1) is 10.1. The molecule has 0 saturated carbocycles. The summed E-state index contributed by atoms with van der Waals surface area (Å²) in [5.41, 5.74) is 1.41. The van der Waals surface area contributed by atoms with Gasteiger partial charge in [-0.15, -0.1) is 0 Å². The highest BCUT2D eigenvalue weighted by Gasteiger charge is 2.08. The molecule has 5 heteroatoms. The Morgan fingerprint density at radius 1 is 1.24 bits per heavy atom. The minimum absolute atomic E-state index is 0.327. The van der Waals surface area contributed by atoms with Crippen molar-refractivity contribution >= 4 is 0 Å². The van der Waals surface area contributed by atoms with E-state index in [2.05, 4.69) is 25.0 Å². The molecular formula is C16H19N3O2. The van der Waals surface area contributed by atoms with Crippen molar-refractivity contribution in [3.8, 4) is 17.6 Å². The molecule has 0 aliphatic carbocycles. The highest BCUT2D eigenvalue weighted by molar-refractivity contribution is 5.46. The van der Waals surface area contributed by atoms with E-state index in [9.17, 15) is 0 Å². The summed E-state index contributed by atoms with van der Waals surface area (Å²) in [6, 6.07) is 9.50. The predicted octanol–water partition coefficient (Wildman–Crippen LogP) is 3.31. The number of rotatable bonds is 6. The molecule has 1 aromatic carbocycles. The maximum atomic E-state index is 8.92. The smallest absolute Gasteiger partial charge is 0.162 e. The molecule has 0 N–H and O–H groups in total. The lowest BCUT2D eigenvalue weighted by molar-refractivity contribution is 0.265. The second-order valence-electron chi connectivity index (χ2n) is 4.88. The van der Waals surface area contributed by atoms with Crippen molar-refractivity contribution in [1.29, 1.82) is 5.26 Å².